The van der Waals surface area contributed by atoms with Gasteiger partial charge in [-0.05, 0) is 59.9 Å². The fourth-order valence-electron chi connectivity index (χ4n) is 2.09. The fraction of sp³-hybridized carbons (Fsp3) is 0.600. The maximum Gasteiger partial charge on any atom is 0.0291 e. The number of nitrogens with zero attached hydrogens (tertiary/aromatic N) is 1. The van der Waals surface area contributed by atoms with E-state index in [-0.39, 0.29) is 0 Å². The highest BCUT2D eigenvalue weighted by molar-refractivity contribution is 5.30. The predicted molar refractivity (Wildman–Crippen MR) is 75.5 cm³/mol. The molecule has 1 atom stereocenters. The van der Waals surface area contributed by atoms with E-state index in [9.17, 15) is 0 Å². The first-order valence-corrected chi connectivity index (χ1v) is 6.45. The van der Waals surface area contributed by atoms with Gasteiger partial charge < -0.3 is 10.2 Å². The minimum atomic E-state index is 0.441. The van der Waals surface area contributed by atoms with E-state index in [1.54, 1.807) is 0 Å². The van der Waals surface area contributed by atoms with Crippen molar-refractivity contribution in [3.63, 3.8) is 0 Å². The number of aryl methyl sites for hydroxylation is 2. The first-order chi connectivity index (χ1) is 7.99. The van der Waals surface area contributed by atoms with Gasteiger partial charge in [-0.3, -0.25) is 0 Å². The third-order valence-electron chi connectivity index (χ3n) is 2.98. The second-order valence-electron chi connectivity index (χ2n) is 5.25. The summed E-state index contributed by atoms with van der Waals surface area (Å²) in [6, 6.07) is 7.21. The molecule has 0 aromatic heterocycles. The van der Waals surface area contributed by atoms with Crippen LogP contribution in [-0.4, -0.2) is 32.1 Å². The number of nitrogens with one attached hydrogen (secondary N) is 1. The standard InChI is InChI=1S/C15H26N2/c1-12-9-13(2)11-15(10-12)14(3)16-7-6-8-17(4)5/h9-11,14,16H,6-8H2,1-5H3. The van der Waals surface area contributed by atoms with Crippen molar-refractivity contribution in [2.45, 2.75) is 33.2 Å². The quantitative estimate of drug-likeness (QED) is 0.761. The van der Waals surface area contributed by atoms with E-state index in [0.717, 1.165) is 13.1 Å². The smallest absolute Gasteiger partial charge is 0.0291 e. The lowest BCUT2D eigenvalue weighted by Crippen LogP contribution is -2.23. The predicted octanol–water partition coefficient (Wildman–Crippen LogP) is 2.91. The molecule has 0 fully saturated rings. The average molecular weight is 234 g/mol. The molecule has 2 heteroatoms. The molecule has 0 aliphatic heterocycles. The summed E-state index contributed by atoms with van der Waals surface area (Å²) in [5.74, 6) is 0. The normalized spacial score (nSPS) is 13.1. The van der Waals surface area contributed by atoms with E-state index in [0.29, 0.717) is 6.04 Å². The lowest BCUT2D eigenvalue weighted by Gasteiger charge is -2.16. The SMILES string of the molecule is Cc1cc(C)cc(C(C)NCCCN(C)C)c1. The number of benzene rings is 1. The average Bonchev–Trinajstić information content (AvgIpc) is 2.22. The largest absolute Gasteiger partial charge is 0.310 e. The maximum atomic E-state index is 3.58. The highest BCUT2D eigenvalue weighted by atomic mass is 15.1. The molecule has 1 aromatic rings. The Morgan fingerprint density at radius 2 is 1.71 bits per heavy atom. The number of rotatable bonds is 6. The summed E-state index contributed by atoms with van der Waals surface area (Å²) in [6.45, 7) is 8.79. The van der Waals surface area contributed by atoms with Crippen LogP contribution < -0.4 is 5.32 Å². The molecule has 0 saturated carbocycles. The van der Waals surface area contributed by atoms with Gasteiger partial charge in [-0.1, -0.05) is 29.3 Å². The molecule has 96 valence electrons. The molecule has 0 aliphatic rings. The van der Waals surface area contributed by atoms with Crippen molar-refractivity contribution in [1.82, 2.24) is 10.2 Å². The van der Waals surface area contributed by atoms with Gasteiger partial charge in [-0.15, -0.1) is 0 Å². The van der Waals surface area contributed by atoms with E-state index in [2.05, 4.69) is 63.3 Å². The third-order valence-corrected chi connectivity index (χ3v) is 2.98. The summed E-state index contributed by atoms with van der Waals surface area (Å²) in [4.78, 5) is 2.23. The highest BCUT2D eigenvalue weighted by Gasteiger charge is 2.05. The van der Waals surface area contributed by atoms with Crippen molar-refractivity contribution in [2.24, 2.45) is 0 Å². The Labute approximate surface area is 106 Å². The van der Waals surface area contributed by atoms with Gasteiger partial charge in [0.2, 0.25) is 0 Å². The summed E-state index contributed by atoms with van der Waals surface area (Å²) in [5, 5.41) is 3.58. The second kappa shape index (κ2) is 6.77. The van der Waals surface area contributed by atoms with Crippen molar-refractivity contribution in [3.05, 3.63) is 34.9 Å². The van der Waals surface area contributed by atoms with Crippen LogP contribution in [0.25, 0.3) is 0 Å². The maximum absolute atomic E-state index is 3.58. The molecule has 0 spiro atoms. The Hall–Kier alpha value is -0.860. The van der Waals surface area contributed by atoms with Gasteiger partial charge in [-0.25, -0.2) is 0 Å². The van der Waals surface area contributed by atoms with Crippen molar-refractivity contribution >= 4 is 0 Å². The lowest BCUT2D eigenvalue weighted by atomic mass is 10.0. The Balaban J connectivity index is 2.43. The topological polar surface area (TPSA) is 15.3 Å². The van der Waals surface area contributed by atoms with Crippen LogP contribution in [-0.2, 0) is 0 Å². The monoisotopic (exact) mass is 234 g/mol. The van der Waals surface area contributed by atoms with Crippen LogP contribution in [0, 0.1) is 13.8 Å². The molecule has 2 nitrogen and oxygen atoms in total. The van der Waals surface area contributed by atoms with Crippen LogP contribution in [0.3, 0.4) is 0 Å². The van der Waals surface area contributed by atoms with Crippen molar-refractivity contribution < 1.29 is 0 Å². The van der Waals surface area contributed by atoms with Gasteiger partial charge in [0.05, 0.1) is 0 Å². The molecule has 1 aromatic carbocycles. The minimum absolute atomic E-state index is 0.441. The molecule has 0 amide bonds. The van der Waals surface area contributed by atoms with Crippen molar-refractivity contribution in [1.29, 1.82) is 0 Å². The van der Waals surface area contributed by atoms with E-state index >= 15 is 0 Å². The fourth-order valence-corrected chi connectivity index (χ4v) is 2.09. The Bertz CT molecular complexity index is 325. The molecule has 1 unspecified atom stereocenters. The second-order valence-corrected chi connectivity index (χ2v) is 5.25. The van der Waals surface area contributed by atoms with Gasteiger partial charge in [0, 0.05) is 6.04 Å². The van der Waals surface area contributed by atoms with Gasteiger partial charge in [0.15, 0.2) is 0 Å². The zero-order valence-corrected chi connectivity index (χ0v) is 11.9. The van der Waals surface area contributed by atoms with E-state index in [4.69, 9.17) is 0 Å². The van der Waals surface area contributed by atoms with Gasteiger partial charge >= 0.3 is 0 Å². The van der Waals surface area contributed by atoms with Crippen LogP contribution >= 0.6 is 0 Å². The van der Waals surface area contributed by atoms with Crippen LogP contribution in [0.2, 0.25) is 0 Å². The van der Waals surface area contributed by atoms with Crippen LogP contribution in [0.5, 0.6) is 0 Å². The molecule has 17 heavy (non-hydrogen) atoms. The minimum Gasteiger partial charge on any atom is -0.310 e. The molecular formula is C15H26N2. The Morgan fingerprint density at radius 3 is 2.24 bits per heavy atom. The van der Waals surface area contributed by atoms with Gasteiger partial charge in [0.1, 0.15) is 0 Å². The summed E-state index contributed by atoms with van der Waals surface area (Å²) in [7, 11) is 4.24. The Kier molecular flexibility index (Phi) is 5.66. The van der Waals surface area contributed by atoms with Crippen LogP contribution in [0.4, 0.5) is 0 Å². The molecular weight excluding hydrogens is 208 g/mol. The molecule has 0 aliphatic carbocycles. The molecule has 1 N–H and O–H groups in total. The van der Waals surface area contributed by atoms with Gasteiger partial charge in [0.25, 0.3) is 0 Å². The Morgan fingerprint density at radius 1 is 1.12 bits per heavy atom. The molecule has 0 radical (unpaired) electrons. The van der Waals surface area contributed by atoms with Crippen molar-refractivity contribution in [3.8, 4) is 0 Å². The molecule has 0 heterocycles. The van der Waals surface area contributed by atoms with Crippen LogP contribution in [0.15, 0.2) is 18.2 Å². The first-order valence-electron chi connectivity index (χ1n) is 6.45. The van der Waals surface area contributed by atoms with Crippen LogP contribution in [0.1, 0.15) is 36.1 Å². The van der Waals surface area contributed by atoms with E-state index < -0.39 is 0 Å². The molecule has 1 rings (SSSR count). The highest BCUT2D eigenvalue weighted by Crippen LogP contribution is 2.16. The summed E-state index contributed by atoms with van der Waals surface area (Å²) < 4.78 is 0. The zero-order valence-electron chi connectivity index (χ0n) is 11.9. The van der Waals surface area contributed by atoms with Gasteiger partial charge in [-0.2, -0.15) is 0 Å². The number of hydrogen-bond acceptors (Lipinski definition) is 2. The van der Waals surface area contributed by atoms with E-state index in [1.807, 2.05) is 0 Å². The molecule has 0 saturated heterocycles. The summed E-state index contributed by atoms with van der Waals surface area (Å²) in [6.07, 6.45) is 1.20. The van der Waals surface area contributed by atoms with Crippen molar-refractivity contribution in [2.75, 3.05) is 27.2 Å². The number of hydrogen-bond donors (Lipinski definition) is 1. The zero-order chi connectivity index (χ0) is 12.8. The lowest BCUT2D eigenvalue weighted by molar-refractivity contribution is 0.389. The first kappa shape index (κ1) is 14.2. The summed E-state index contributed by atoms with van der Waals surface area (Å²) in [5.41, 5.74) is 4.09. The third kappa shape index (κ3) is 5.33. The molecule has 0 bridgehead atoms. The van der Waals surface area contributed by atoms with E-state index in [1.165, 1.54) is 23.1 Å². The summed E-state index contributed by atoms with van der Waals surface area (Å²) >= 11 is 0.